The van der Waals surface area contributed by atoms with Crippen LogP contribution in [0.25, 0.3) is 0 Å². The lowest BCUT2D eigenvalue weighted by Crippen LogP contribution is -2.51. The van der Waals surface area contributed by atoms with Crippen LogP contribution >= 0.6 is 0 Å². The number of ether oxygens (including phenoxy) is 2. The molecule has 3 aromatic carbocycles. The number of unbranched alkanes of at least 4 members (excludes halogenated alkanes) is 1. The minimum Gasteiger partial charge on any atom is -0.493 e. The summed E-state index contributed by atoms with van der Waals surface area (Å²) in [6.45, 7) is 3.41. The first-order valence-corrected chi connectivity index (χ1v) is 14.7. The van der Waals surface area contributed by atoms with Crippen LogP contribution in [-0.4, -0.2) is 58.5 Å². The maximum Gasteiger partial charge on any atom is 0.264 e. The Bertz CT molecular complexity index is 1420. The second-order valence-electron chi connectivity index (χ2n) is 9.33. The van der Waals surface area contributed by atoms with Gasteiger partial charge >= 0.3 is 0 Å². The van der Waals surface area contributed by atoms with Crippen molar-refractivity contribution in [2.75, 3.05) is 31.6 Å². The van der Waals surface area contributed by atoms with Gasteiger partial charge in [-0.05, 0) is 55.3 Å². The van der Waals surface area contributed by atoms with E-state index in [1.165, 1.54) is 61.6 Å². The summed E-state index contributed by atoms with van der Waals surface area (Å²) in [6, 6.07) is 17.0. The summed E-state index contributed by atoms with van der Waals surface area (Å²) in [5.74, 6) is -0.859. The van der Waals surface area contributed by atoms with Gasteiger partial charge in [0.1, 0.15) is 18.4 Å². The quantitative estimate of drug-likeness (QED) is 0.282. The molecule has 0 aliphatic heterocycles. The van der Waals surface area contributed by atoms with E-state index in [0.29, 0.717) is 17.9 Å². The van der Waals surface area contributed by atoms with Crippen molar-refractivity contribution in [1.82, 2.24) is 10.2 Å². The number of hydrogen-bond donors (Lipinski definition) is 1. The molecule has 0 aromatic heterocycles. The molecular weight excluding hydrogens is 549 g/mol. The van der Waals surface area contributed by atoms with Crippen molar-refractivity contribution in [3.63, 3.8) is 0 Å². The Kier molecular flexibility index (Phi) is 11.1. The van der Waals surface area contributed by atoms with Gasteiger partial charge in [-0.1, -0.05) is 43.7 Å². The smallest absolute Gasteiger partial charge is 0.264 e. The monoisotopic (exact) mass is 585 g/mol. The molecule has 0 saturated heterocycles. The van der Waals surface area contributed by atoms with Crippen LogP contribution in [0.1, 0.15) is 32.3 Å². The number of anilines is 1. The average molecular weight is 586 g/mol. The SMILES string of the molecule is CCCCNC(=O)[C@@H](C)N(Cc1ccc(F)cc1)C(=O)CN(c1ccccc1)S(=O)(=O)c1ccc(OC)c(OC)c1. The Morgan fingerprint density at radius 2 is 1.61 bits per heavy atom. The number of nitrogens with one attached hydrogen (secondary N) is 1. The van der Waals surface area contributed by atoms with Crippen LogP contribution in [0.3, 0.4) is 0 Å². The molecule has 0 saturated carbocycles. The lowest BCUT2D eigenvalue weighted by Gasteiger charge is -2.32. The molecule has 1 atom stereocenters. The van der Waals surface area contributed by atoms with Crippen LogP contribution in [0, 0.1) is 5.82 Å². The highest BCUT2D eigenvalue weighted by atomic mass is 32.2. The molecule has 2 amide bonds. The number of sulfonamides is 1. The number of carbonyl (C=O) groups is 2. The molecule has 220 valence electrons. The van der Waals surface area contributed by atoms with Crippen LogP contribution in [-0.2, 0) is 26.2 Å². The van der Waals surface area contributed by atoms with Gasteiger partial charge in [0, 0.05) is 19.2 Å². The van der Waals surface area contributed by atoms with Gasteiger partial charge in [0.15, 0.2) is 11.5 Å². The van der Waals surface area contributed by atoms with Gasteiger partial charge in [0.05, 0.1) is 24.8 Å². The number of hydrogen-bond acceptors (Lipinski definition) is 6. The predicted molar refractivity (Wildman–Crippen MR) is 155 cm³/mol. The molecule has 0 spiro atoms. The second kappa shape index (κ2) is 14.5. The number of para-hydroxylation sites is 1. The number of amides is 2. The van der Waals surface area contributed by atoms with Crippen molar-refractivity contribution >= 4 is 27.5 Å². The third-order valence-corrected chi connectivity index (χ3v) is 8.30. The Labute approximate surface area is 240 Å². The molecule has 0 heterocycles. The van der Waals surface area contributed by atoms with E-state index < -0.39 is 34.3 Å². The molecular formula is C30H36FN3O6S. The fourth-order valence-electron chi connectivity index (χ4n) is 4.13. The largest absolute Gasteiger partial charge is 0.493 e. The molecule has 3 rings (SSSR count). The number of carbonyl (C=O) groups excluding carboxylic acids is 2. The van der Waals surface area contributed by atoms with Crippen molar-refractivity contribution in [2.24, 2.45) is 0 Å². The molecule has 0 aliphatic carbocycles. The van der Waals surface area contributed by atoms with E-state index >= 15 is 0 Å². The molecule has 0 fully saturated rings. The summed E-state index contributed by atoms with van der Waals surface area (Å²) < 4.78 is 53.0. The fraction of sp³-hybridized carbons (Fsp3) is 0.333. The summed E-state index contributed by atoms with van der Waals surface area (Å²) in [7, 11) is -1.45. The zero-order valence-electron chi connectivity index (χ0n) is 23.7. The number of methoxy groups -OCH3 is 2. The molecule has 9 nitrogen and oxygen atoms in total. The third-order valence-electron chi connectivity index (χ3n) is 6.53. The second-order valence-corrected chi connectivity index (χ2v) is 11.2. The first kappa shape index (κ1) is 31.4. The van der Waals surface area contributed by atoms with Crippen molar-refractivity contribution in [3.8, 4) is 11.5 Å². The summed E-state index contributed by atoms with van der Waals surface area (Å²) in [5, 5.41) is 2.83. The minimum atomic E-state index is -4.28. The Balaban J connectivity index is 2.01. The van der Waals surface area contributed by atoms with Crippen molar-refractivity contribution in [1.29, 1.82) is 0 Å². The molecule has 0 aliphatic rings. The Morgan fingerprint density at radius 3 is 2.22 bits per heavy atom. The van der Waals surface area contributed by atoms with E-state index in [4.69, 9.17) is 9.47 Å². The molecule has 0 unspecified atom stereocenters. The number of halogens is 1. The molecule has 0 radical (unpaired) electrons. The van der Waals surface area contributed by atoms with Crippen molar-refractivity contribution in [3.05, 3.63) is 84.2 Å². The van der Waals surface area contributed by atoms with E-state index in [9.17, 15) is 22.4 Å². The van der Waals surface area contributed by atoms with Crippen LogP contribution in [0.5, 0.6) is 11.5 Å². The highest BCUT2D eigenvalue weighted by molar-refractivity contribution is 7.92. The number of rotatable bonds is 14. The van der Waals surface area contributed by atoms with Crippen LogP contribution < -0.4 is 19.1 Å². The molecule has 3 aromatic rings. The van der Waals surface area contributed by atoms with Gasteiger partial charge in [-0.25, -0.2) is 12.8 Å². The van der Waals surface area contributed by atoms with Crippen molar-refractivity contribution in [2.45, 2.75) is 44.2 Å². The predicted octanol–water partition coefficient (Wildman–Crippen LogP) is 4.37. The van der Waals surface area contributed by atoms with Gasteiger partial charge in [0.25, 0.3) is 10.0 Å². The van der Waals surface area contributed by atoms with Crippen LogP contribution in [0.4, 0.5) is 10.1 Å². The van der Waals surface area contributed by atoms with E-state index in [1.54, 1.807) is 37.3 Å². The molecule has 41 heavy (non-hydrogen) atoms. The maximum absolute atomic E-state index is 14.0. The normalized spacial score (nSPS) is 11.8. The van der Waals surface area contributed by atoms with E-state index in [1.807, 2.05) is 6.92 Å². The van der Waals surface area contributed by atoms with Crippen LogP contribution in [0.15, 0.2) is 77.7 Å². The average Bonchev–Trinajstić information content (AvgIpc) is 2.99. The zero-order chi connectivity index (χ0) is 30.0. The summed E-state index contributed by atoms with van der Waals surface area (Å²) >= 11 is 0. The molecule has 1 N–H and O–H groups in total. The zero-order valence-corrected chi connectivity index (χ0v) is 24.5. The first-order valence-electron chi connectivity index (χ1n) is 13.2. The topological polar surface area (TPSA) is 105 Å². The van der Waals surface area contributed by atoms with Gasteiger partial charge in [-0.3, -0.25) is 13.9 Å². The third kappa shape index (κ3) is 7.97. The molecule has 0 bridgehead atoms. The van der Waals surface area contributed by atoms with E-state index in [0.717, 1.165) is 17.1 Å². The van der Waals surface area contributed by atoms with E-state index in [2.05, 4.69) is 5.32 Å². The standard InChI is InChI=1S/C30H36FN3O6S/c1-5-6-18-32-30(36)22(2)33(20-23-12-14-24(31)15-13-23)29(35)21-34(25-10-8-7-9-11-25)41(37,38)26-16-17-27(39-3)28(19-26)40-4/h7-17,19,22H,5-6,18,20-21H2,1-4H3,(H,32,36)/t22-/m1/s1. The first-order chi connectivity index (χ1) is 19.6. The summed E-state index contributed by atoms with van der Waals surface area (Å²) in [6.07, 6.45) is 1.66. The van der Waals surface area contributed by atoms with Gasteiger partial charge < -0.3 is 19.7 Å². The van der Waals surface area contributed by atoms with Crippen LogP contribution in [0.2, 0.25) is 0 Å². The number of nitrogens with zero attached hydrogens (tertiary/aromatic N) is 2. The lowest BCUT2D eigenvalue weighted by molar-refractivity contribution is -0.139. The highest BCUT2D eigenvalue weighted by Gasteiger charge is 2.33. The maximum atomic E-state index is 14.0. The molecule has 11 heteroatoms. The van der Waals surface area contributed by atoms with E-state index in [-0.39, 0.29) is 28.8 Å². The van der Waals surface area contributed by atoms with Gasteiger partial charge in [-0.15, -0.1) is 0 Å². The van der Waals surface area contributed by atoms with Gasteiger partial charge in [-0.2, -0.15) is 0 Å². The number of benzene rings is 3. The summed E-state index contributed by atoms with van der Waals surface area (Å²) in [5.41, 5.74) is 0.847. The Hall–Kier alpha value is -4.12. The van der Waals surface area contributed by atoms with Crippen molar-refractivity contribution < 1.29 is 31.9 Å². The lowest BCUT2D eigenvalue weighted by atomic mass is 10.1. The Morgan fingerprint density at radius 1 is 0.951 bits per heavy atom. The fourth-order valence-corrected chi connectivity index (χ4v) is 5.56. The highest BCUT2D eigenvalue weighted by Crippen LogP contribution is 2.32. The summed E-state index contributed by atoms with van der Waals surface area (Å²) in [4.78, 5) is 28.1. The minimum absolute atomic E-state index is 0.0273. The van der Waals surface area contributed by atoms with Gasteiger partial charge in [0.2, 0.25) is 11.8 Å².